The fourth-order valence-corrected chi connectivity index (χ4v) is 4.57. The van der Waals surface area contributed by atoms with Gasteiger partial charge in [0.1, 0.15) is 13.1 Å². The SMILES string of the molecule is CCN(CC)c1ccc(C(/C=C/c2ccc(N(C)C)cc2C(=O)O)=C2C=CC(=[N+](CC)CC)C=C2)cc1. The number of benzene rings is 2. The van der Waals surface area contributed by atoms with Gasteiger partial charge in [-0.05, 0) is 86.4 Å². The van der Waals surface area contributed by atoms with Crippen LogP contribution in [0.25, 0.3) is 11.6 Å². The molecule has 0 radical (unpaired) electrons. The molecule has 0 saturated carbocycles. The van der Waals surface area contributed by atoms with Gasteiger partial charge in [0.15, 0.2) is 5.71 Å². The third-order valence-electron chi connectivity index (χ3n) is 6.83. The minimum Gasteiger partial charge on any atom is -0.478 e. The fraction of sp³-hybridized carbons (Fsp3) is 0.312. The van der Waals surface area contributed by atoms with Crippen molar-refractivity contribution in [3.63, 3.8) is 0 Å². The summed E-state index contributed by atoms with van der Waals surface area (Å²) in [7, 11) is 3.82. The molecule has 0 heterocycles. The zero-order chi connectivity index (χ0) is 26.9. The van der Waals surface area contributed by atoms with Crippen molar-refractivity contribution in [1.82, 2.24) is 0 Å². The van der Waals surface area contributed by atoms with E-state index in [-0.39, 0.29) is 5.56 Å². The Hall–Kier alpha value is -3.86. The Labute approximate surface area is 222 Å². The summed E-state index contributed by atoms with van der Waals surface area (Å²) in [6, 6.07) is 14.2. The topological polar surface area (TPSA) is 46.8 Å². The van der Waals surface area contributed by atoms with Crippen LogP contribution in [-0.2, 0) is 0 Å². The molecule has 0 aliphatic heterocycles. The van der Waals surface area contributed by atoms with Gasteiger partial charge >= 0.3 is 5.97 Å². The van der Waals surface area contributed by atoms with Gasteiger partial charge in [-0.2, -0.15) is 0 Å². The maximum Gasteiger partial charge on any atom is 0.336 e. The number of anilines is 2. The predicted molar refractivity (Wildman–Crippen MR) is 158 cm³/mol. The number of hydrogen-bond acceptors (Lipinski definition) is 3. The summed E-state index contributed by atoms with van der Waals surface area (Å²) in [6.07, 6.45) is 12.6. The van der Waals surface area contributed by atoms with Crippen molar-refractivity contribution in [2.45, 2.75) is 27.7 Å². The van der Waals surface area contributed by atoms with Crippen molar-refractivity contribution >= 4 is 34.7 Å². The van der Waals surface area contributed by atoms with Gasteiger partial charge in [-0.3, -0.25) is 0 Å². The minimum atomic E-state index is -0.933. The highest BCUT2D eigenvalue weighted by Gasteiger charge is 2.14. The average molecular weight is 499 g/mol. The number of allylic oxidation sites excluding steroid dienone is 7. The zero-order valence-electron chi connectivity index (χ0n) is 23.0. The van der Waals surface area contributed by atoms with Gasteiger partial charge in [0, 0.05) is 50.7 Å². The molecule has 0 unspecified atom stereocenters. The van der Waals surface area contributed by atoms with E-state index in [2.05, 4.69) is 85.7 Å². The molecule has 0 aromatic heterocycles. The summed E-state index contributed by atoms with van der Waals surface area (Å²) in [6.45, 7) is 12.5. The van der Waals surface area contributed by atoms with E-state index in [4.69, 9.17) is 0 Å². The molecule has 2 aromatic carbocycles. The first-order valence-electron chi connectivity index (χ1n) is 13.1. The molecule has 2 aromatic rings. The predicted octanol–water partition coefficient (Wildman–Crippen LogP) is 6.38. The molecule has 1 aliphatic rings. The number of carboxylic acids is 1. The van der Waals surface area contributed by atoms with Crippen LogP contribution >= 0.6 is 0 Å². The Kier molecular flexibility index (Phi) is 9.67. The highest BCUT2D eigenvalue weighted by atomic mass is 16.4. The van der Waals surface area contributed by atoms with E-state index in [0.717, 1.165) is 48.6 Å². The van der Waals surface area contributed by atoms with Gasteiger partial charge < -0.3 is 14.9 Å². The van der Waals surface area contributed by atoms with Crippen molar-refractivity contribution in [2.75, 3.05) is 50.1 Å². The molecule has 5 nitrogen and oxygen atoms in total. The lowest BCUT2D eigenvalue weighted by molar-refractivity contribution is -0.519. The molecule has 0 fully saturated rings. The Morgan fingerprint density at radius 1 is 0.865 bits per heavy atom. The van der Waals surface area contributed by atoms with E-state index in [0.29, 0.717) is 5.56 Å². The molecule has 0 spiro atoms. The molecule has 194 valence electrons. The van der Waals surface area contributed by atoms with Crippen LogP contribution < -0.4 is 9.80 Å². The number of carboxylic acid groups (broad SMARTS) is 1. The maximum atomic E-state index is 12.0. The van der Waals surface area contributed by atoms with Gasteiger partial charge in [-0.25, -0.2) is 9.37 Å². The number of rotatable bonds is 10. The second-order valence-corrected chi connectivity index (χ2v) is 9.16. The second kappa shape index (κ2) is 12.9. The Bertz CT molecular complexity index is 1230. The Morgan fingerprint density at radius 3 is 1.97 bits per heavy atom. The minimum absolute atomic E-state index is 0.288. The molecule has 0 atom stereocenters. The lowest BCUT2D eigenvalue weighted by Gasteiger charge is -2.21. The highest BCUT2D eigenvalue weighted by Crippen LogP contribution is 2.28. The molecule has 0 bridgehead atoms. The summed E-state index contributed by atoms with van der Waals surface area (Å²) in [5.41, 5.74) is 7.44. The molecule has 0 amide bonds. The second-order valence-electron chi connectivity index (χ2n) is 9.16. The fourth-order valence-electron chi connectivity index (χ4n) is 4.57. The monoisotopic (exact) mass is 498 g/mol. The van der Waals surface area contributed by atoms with Gasteiger partial charge in [0.05, 0.1) is 5.56 Å². The summed E-state index contributed by atoms with van der Waals surface area (Å²) < 4.78 is 2.32. The summed E-state index contributed by atoms with van der Waals surface area (Å²) in [5.74, 6) is -0.933. The van der Waals surface area contributed by atoms with Crippen LogP contribution in [0.15, 0.2) is 78.4 Å². The molecule has 5 heteroatoms. The highest BCUT2D eigenvalue weighted by molar-refractivity contribution is 6.04. The lowest BCUT2D eigenvalue weighted by atomic mass is 9.94. The van der Waals surface area contributed by atoms with Crippen LogP contribution in [0.3, 0.4) is 0 Å². The van der Waals surface area contributed by atoms with E-state index in [1.54, 1.807) is 6.07 Å². The van der Waals surface area contributed by atoms with Gasteiger partial charge in [-0.15, -0.1) is 0 Å². The maximum absolute atomic E-state index is 12.0. The summed E-state index contributed by atoms with van der Waals surface area (Å²) in [5, 5.41) is 9.86. The molecular weight excluding hydrogens is 458 g/mol. The molecule has 1 N–H and O–H groups in total. The number of nitrogens with zero attached hydrogens (tertiary/aromatic N) is 3. The number of hydrogen-bond donors (Lipinski definition) is 1. The molecule has 0 saturated heterocycles. The van der Waals surface area contributed by atoms with Crippen molar-refractivity contribution in [3.8, 4) is 0 Å². The van der Waals surface area contributed by atoms with Gasteiger partial charge in [0.2, 0.25) is 0 Å². The third-order valence-corrected chi connectivity index (χ3v) is 6.83. The van der Waals surface area contributed by atoms with Crippen molar-refractivity contribution in [3.05, 3.63) is 95.1 Å². The first-order valence-corrected chi connectivity index (χ1v) is 13.1. The van der Waals surface area contributed by atoms with E-state index >= 15 is 0 Å². The van der Waals surface area contributed by atoms with Crippen LogP contribution in [0.2, 0.25) is 0 Å². The lowest BCUT2D eigenvalue weighted by Crippen LogP contribution is -2.21. The average Bonchev–Trinajstić information content (AvgIpc) is 2.91. The molecule has 37 heavy (non-hydrogen) atoms. The van der Waals surface area contributed by atoms with E-state index in [9.17, 15) is 9.90 Å². The third kappa shape index (κ3) is 6.67. The first-order chi connectivity index (χ1) is 17.8. The van der Waals surface area contributed by atoms with Crippen molar-refractivity contribution in [2.24, 2.45) is 0 Å². The Balaban J connectivity index is 2.10. The van der Waals surface area contributed by atoms with Crippen molar-refractivity contribution < 1.29 is 14.5 Å². The normalized spacial score (nSPS) is 12.8. The van der Waals surface area contributed by atoms with Crippen LogP contribution in [0.4, 0.5) is 11.4 Å². The van der Waals surface area contributed by atoms with Gasteiger partial charge in [0.25, 0.3) is 0 Å². The molecular formula is C32H40N3O2+. The van der Waals surface area contributed by atoms with E-state index in [1.165, 1.54) is 11.4 Å². The van der Waals surface area contributed by atoms with Crippen LogP contribution in [0, 0.1) is 0 Å². The molecule has 3 rings (SSSR count). The Morgan fingerprint density at radius 2 is 1.46 bits per heavy atom. The smallest absolute Gasteiger partial charge is 0.336 e. The summed E-state index contributed by atoms with van der Waals surface area (Å²) >= 11 is 0. The quantitative estimate of drug-likeness (QED) is 0.386. The van der Waals surface area contributed by atoms with Crippen LogP contribution in [0.1, 0.15) is 49.2 Å². The molecule has 1 aliphatic carbocycles. The van der Waals surface area contributed by atoms with E-state index < -0.39 is 5.97 Å². The first kappa shape index (κ1) is 27.7. The number of aromatic carboxylic acids is 1. The summed E-state index contributed by atoms with van der Waals surface area (Å²) in [4.78, 5) is 16.3. The zero-order valence-corrected chi connectivity index (χ0v) is 23.0. The van der Waals surface area contributed by atoms with Crippen LogP contribution in [0.5, 0.6) is 0 Å². The number of carbonyl (C=O) groups is 1. The van der Waals surface area contributed by atoms with E-state index in [1.807, 2.05) is 43.3 Å². The largest absolute Gasteiger partial charge is 0.478 e. The van der Waals surface area contributed by atoms with Crippen molar-refractivity contribution in [1.29, 1.82) is 0 Å². The van der Waals surface area contributed by atoms with Crippen LogP contribution in [-0.4, -0.2) is 61.6 Å². The standard InChI is InChI=1S/C32H39N3O2/c1-7-34(8-2)27-17-11-24(12-18-27)30(25-13-19-28(20-14-25)35(9-3)10-4)22-16-26-15-21-29(33(5)6)23-31(26)32(36)37/h11-23H,7-10H2,1-6H3/p+1. The van der Waals surface area contributed by atoms with Gasteiger partial charge in [-0.1, -0.05) is 30.4 Å².